The highest BCUT2D eigenvalue weighted by atomic mass is 16.2. The molecule has 2 heterocycles. The van der Waals surface area contributed by atoms with E-state index in [-0.39, 0.29) is 17.7 Å². The molecule has 1 saturated heterocycles. The molecule has 6 heteroatoms. The normalized spacial score (nSPS) is 17.0. The third-order valence-corrected chi connectivity index (χ3v) is 4.67. The lowest BCUT2D eigenvalue weighted by Gasteiger charge is -2.17. The first-order valence-electron chi connectivity index (χ1n) is 8.60. The highest BCUT2D eigenvalue weighted by Crippen LogP contribution is 2.21. The number of aromatic nitrogens is 2. The van der Waals surface area contributed by atoms with Gasteiger partial charge in [0.2, 0.25) is 5.91 Å². The average molecular weight is 340 g/mol. The van der Waals surface area contributed by atoms with Crippen LogP contribution in [-0.4, -0.2) is 39.6 Å². The summed E-state index contributed by atoms with van der Waals surface area (Å²) >= 11 is 0. The molecule has 132 valence electrons. The van der Waals surface area contributed by atoms with Crippen molar-refractivity contribution >= 4 is 11.8 Å². The van der Waals surface area contributed by atoms with Crippen LogP contribution in [0.4, 0.5) is 0 Å². The Morgan fingerprint density at radius 1 is 1.28 bits per heavy atom. The standard InChI is InChI=1S/C19H24N4O2/c1-13-8-14(2)23(21-13)12-15-4-3-5-17(9-15)19(25)22-7-6-16(11-22)10-18(20)24/h3-5,8-9,16H,6-7,10-12H2,1-2H3,(H2,20,24). The topological polar surface area (TPSA) is 81.2 Å². The summed E-state index contributed by atoms with van der Waals surface area (Å²) in [6.45, 7) is 5.92. The number of hydrogen-bond donors (Lipinski definition) is 1. The Hall–Kier alpha value is -2.63. The summed E-state index contributed by atoms with van der Waals surface area (Å²) in [6.07, 6.45) is 1.18. The van der Waals surface area contributed by atoms with Gasteiger partial charge in [-0.3, -0.25) is 14.3 Å². The van der Waals surface area contributed by atoms with E-state index in [1.807, 2.05) is 53.8 Å². The first-order chi connectivity index (χ1) is 11.9. The zero-order chi connectivity index (χ0) is 18.0. The van der Waals surface area contributed by atoms with Gasteiger partial charge in [-0.05, 0) is 49.9 Å². The molecule has 2 aromatic rings. The Morgan fingerprint density at radius 3 is 2.76 bits per heavy atom. The van der Waals surface area contributed by atoms with E-state index in [9.17, 15) is 9.59 Å². The summed E-state index contributed by atoms with van der Waals surface area (Å²) in [4.78, 5) is 25.6. The summed E-state index contributed by atoms with van der Waals surface area (Å²) in [7, 11) is 0. The van der Waals surface area contributed by atoms with E-state index in [1.165, 1.54) is 0 Å². The van der Waals surface area contributed by atoms with Gasteiger partial charge in [0.05, 0.1) is 12.2 Å². The molecule has 0 bridgehead atoms. The average Bonchev–Trinajstić information content (AvgIpc) is 3.13. The first kappa shape index (κ1) is 17.2. The van der Waals surface area contributed by atoms with Gasteiger partial charge < -0.3 is 10.6 Å². The minimum Gasteiger partial charge on any atom is -0.370 e. The molecule has 1 aliphatic heterocycles. The highest BCUT2D eigenvalue weighted by molar-refractivity contribution is 5.94. The second-order valence-corrected chi connectivity index (χ2v) is 6.86. The van der Waals surface area contributed by atoms with E-state index in [2.05, 4.69) is 5.10 Å². The van der Waals surface area contributed by atoms with Gasteiger partial charge in [-0.2, -0.15) is 5.10 Å². The fraction of sp³-hybridized carbons (Fsp3) is 0.421. The molecule has 2 N–H and O–H groups in total. The van der Waals surface area contributed by atoms with Crippen molar-refractivity contribution < 1.29 is 9.59 Å². The number of amides is 2. The molecule has 1 fully saturated rings. The van der Waals surface area contributed by atoms with E-state index in [4.69, 9.17) is 5.73 Å². The van der Waals surface area contributed by atoms with Crippen LogP contribution in [0.3, 0.4) is 0 Å². The maximum Gasteiger partial charge on any atom is 0.253 e. The Kier molecular flexibility index (Phi) is 4.88. The number of primary amides is 1. The Labute approximate surface area is 147 Å². The molecular formula is C19H24N4O2. The number of aryl methyl sites for hydroxylation is 2. The monoisotopic (exact) mass is 340 g/mol. The van der Waals surface area contributed by atoms with Gasteiger partial charge in [0.25, 0.3) is 5.91 Å². The number of nitrogens with two attached hydrogens (primary N) is 1. The molecule has 0 radical (unpaired) electrons. The number of nitrogens with zero attached hydrogens (tertiary/aromatic N) is 3. The third kappa shape index (κ3) is 4.07. The van der Waals surface area contributed by atoms with Crippen LogP contribution < -0.4 is 5.73 Å². The molecule has 2 amide bonds. The highest BCUT2D eigenvalue weighted by Gasteiger charge is 2.27. The van der Waals surface area contributed by atoms with E-state index in [0.29, 0.717) is 31.6 Å². The van der Waals surface area contributed by atoms with Gasteiger partial charge in [0, 0.05) is 30.8 Å². The van der Waals surface area contributed by atoms with Crippen molar-refractivity contribution in [2.24, 2.45) is 11.7 Å². The molecule has 6 nitrogen and oxygen atoms in total. The van der Waals surface area contributed by atoms with Crippen LogP contribution in [0.2, 0.25) is 0 Å². The molecule has 1 atom stereocenters. The Balaban J connectivity index is 1.70. The van der Waals surface area contributed by atoms with Crippen molar-refractivity contribution in [2.45, 2.75) is 33.2 Å². The largest absolute Gasteiger partial charge is 0.370 e. The lowest BCUT2D eigenvalue weighted by atomic mass is 10.1. The maximum atomic E-state index is 12.7. The Bertz CT molecular complexity index is 796. The zero-order valence-corrected chi connectivity index (χ0v) is 14.7. The molecule has 0 aliphatic carbocycles. The van der Waals surface area contributed by atoms with Crippen LogP contribution in [-0.2, 0) is 11.3 Å². The van der Waals surface area contributed by atoms with Crippen LogP contribution in [0.1, 0.15) is 40.2 Å². The summed E-state index contributed by atoms with van der Waals surface area (Å²) in [5, 5.41) is 4.47. The van der Waals surface area contributed by atoms with E-state index in [0.717, 1.165) is 23.4 Å². The SMILES string of the molecule is Cc1cc(C)n(Cc2cccc(C(=O)N3CCC(CC(N)=O)C3)c2)n1. The molecule has 1 aliphatic rings. The summed E-state index contributed by atoms with van der Waals surface area (Å²) in [5.74, 6) is -0.104. The number of hydrogen-bond acceptors (Lipinski definition) is 3. The molecule has 3 rings (SSSR count). The van der Waals surface area contributed by atoms with E-state index >= 15 is 0 Å². The molecule has 1 aromatic heterocycles. The van der Waals surface area contributed by atoms with Crippen molar-refractivity contribution in [3.05, 3.63) is 52.8 Å². The van der Waals surface area contributed by atoms with Gasteiger partial charge in [-0.15, -0.1) is 0 Å². The summed E-state index contributed by atoms with van der Waals surface area (Å²) in [5.41, 5.74) is 9.08. The molecular weight excluding hydrogens is 316 g/mol. The molecule has 1 aromatic carbocycles. The van der Waals surface area contributed by atoms with Crippen LogP contribution in [0.5, 0.6) is 0 Å². The van der Waals surface area contributed by atoms with Gasteiger partial charge in [-0.25, -0.2) is 0 Å². The van der Waals surface area contributed by atoms with Gasteiger partial charge >= 0.3 is 0 Å². The number of carbonyl (C=O) groups is 2. The van der Waals surface area contributed by atoms with Gasteiger partial charge in [0.1, 0.15) is 0 Å². The summed E-state index contributed by atoms with van der Waals surface area (Å²) < 4.78 is 1.94. The van der Waals surface area contributed by atoms with E-state index in [1.54, 1.807) is 0 Å². The minimum atomic E-state index is -0.300. The number of benzene rings is 1. The molecule has 25 heavy (non-hydrogen) atoms. The molecule has 0 saturated carbocycles. The van der Waals surface area contributed by atoms with Crippen molar-refractivity contribution in [1.82, 2.24) is 14.7 Å². The van der Waals surface area contributed by atoms with Crippen molar-refractivity contribution in [2.75, 3.05) is 13.1 Å². The van der Waals surface area contributed by atoms with Crippen LogP contribution in [0, 0.1) is 19.8 Å². The molecule has 1 unspecified atom stereocenters. The lowest BCUT2D eigenvalue weighted by molar-refractivity contribution is -0.118. The van der Waals surface area contributed by atoms with Crippen molar-refractivity contribution in [1.29, 1.82) is 0 Å². The molecule has 0 spiro atoms. The second-order valence-electron chi connectivity index (χ2n) is 6.86. The first-order valence-corrected chi connectivity index (χ1v) is 8.60. The quantitative estimate of drug-likeness (QED) is 0.902. The predicted octanol–water partition coefficient (Wildman–Crippen LogP) is 1.89. The van der Waals surface area contributed by atoms with E-state index < -0.39 is 0 Å². The maximum absolute atomic E-state index is 12.7. The van der Waals surface area contributed by atoms with Crippen molar-refractivity contribution in [3.63, 3.8) is 0 Å². The van der Waals surface area contributed by atoms with Crippen molar-refractivity contribution in [3.8, 4) is 0 Å². The summed E-state index contributed by atoms with van der Waals surface area (Å²) in [6, 6.07) is 9.73. The predicted molar refractivity (Wildman–Crippen MR) is 95.1 cm³/mol. The number of likely N-dealkylation sites (tertiary alicyclic amines) is 1. The zero-order valence-electron chi connectivity index (χ0n) is 14.7. The minimum absolute atomic E-state index is 0.0159. The fourth-order valence-electron chi connectivity index (χ4n) is 3.46. The second kappa shape index (κ2) is 7.09. The number of rotatable bonds is 5. The number of carbonyl (C=O) groups excluding carboxylic acids is 2. The van der Waals surface area contributed by atoms with Crippen LogP contribution in [0.25, 0.3) is 0 Å². The van der Waals surface area contributed by atoms with Crippen LogP contribution >= 0.6 is 0 Å². The lowest BCUT2D eigenvalue weighted by Crippen LogP contribution is -2.29. The van der Waals surface area contributed by atoms with Crippen LogP contribution in [0.15, 0.2) is 30.3 Å². The van der Waals surface area contributed by atoms with Gasteiger partial charge in [0.15, 0.2) is 0 Å². The Morgan fingerprint density at radius 2 is 2.08 bits per heavy atom. The van der Waals surface area contributed by atoms with Gasteiger partial charge in [-0.1, -0.05) is 12.1 Å². The fourth-order valence-corrected chi connectivity index (χ4v) is 3.46. The third-order valence-electron chi connectivity index (χ3n) is 4.67. The smallest absolute Gasteiger partial charge is 0.253 e.